The van der Waals surface area contributed by atoms with Gasteiger partial charge in [0.1, 0.15) is 30.4 Å². The molecule has 1 aromatic heterocycles. The van der Waals surface area contributed by atoms with Crippen molar-refractivity contribution < 1.29 is 19.7 Å². The molecule has 0 aliphatic rings. The molecular formula is C20H22N2O4. The molecule has 1 heterocycles. The number of para-hydroxylation sites is 2. The molecule has 3 aromatic rings. The van der Waals surface area contributed by atoms with Gasteiger partial charge < -0.3 is 19.5 Å². The third kappa shape index (κ3) is 3.92. The van der Waals surface area contributed by atoms with Gasteiger partial charge in [-0.25, -0.2) is 4.98 Å². The quantitative estimate of drug-likeness (QED) is 0.637. The fraction of sp³-hybridized carbons (Fsp3) is 0.300. The zero-order valence-electron chi connectivity index (χ0n) is 14.8. The highest BCUT2D eigenvalue weighted by atomic mass is 16.5. The van der Waals surface area contributed by atoms with Crippen LogP contribution in [0.25, 0.3) is 11.0 Å². The normalized spacial score (nSPS) is 13.5. The van der Waals surface area contributed by atoms with E-state index in [1.54, 1.807) is 31.2 Å². The smallest absolute Gasteiger partial charge is 0.159 e. The van der Waals surface area contributed by atoms with Gasteiger partial charge in [0.25, 0.3) is 0 Å². The average molecular weight is 354 g/mol. The highest BCUT2D eigenvalue weighted by molar-refractivity contribution is 5.94. The van der Waals surface area contributed by atoms with Crippen LogP contribution in [-0.2, 0) is 6.54 Å². The number of hydrogen-bond acceptors (Lipinski definition) is 5. The molecule has 3 rings (SSSR count). The van der Waals surface area contributed by atoms with Gasteiger partial charge in [-0.05, 0) is 50.2 Å². The molecule has 0 saturated carbocycles. The number of fused-ring (bicyclic) bond motifs is 1. The van der Waals surface area contributed by atoms with E-state index in [9.17, 15) is 15.0 Å². The van der Waals surface area contributed by atoms with E-state index >= 15 is 0 Å². The number of ether oxygens (including phenoxy) is 1. The molecule has 0 saturated heterocycles. The van der Waals surface area contributed by atoms with Crippen LogP contribution in [0.15, 0.2) is 48.5 Å². The first-order valence-corrected chi connectivity index (χ1v) is 8.51. The second kappa shape index (κ2) is 7.68. The van der Waals surface area contributed by atoms with Gasteiger partial charge in [-0.2, -0.15) is 0 Å². The Labute approximate surface area is 151 Å². The number of nitrogens with zero attached hydrogens (tertiary/aromatic N) is 2. The molecule has 136 valence electrons. The van der Waals surface area contributed by atoms with Crippen LogP contribution >= 0.6 is 0 Å². The molecule has 0 aliphatic carbocycles. The van der Waals surface area contributed by atoms with Crippen molar-refractivity contribution in [3.8, 4) is 5.75 Å². The summed E-state index contributed by atoms with van der Waals surface area (Å²) < 4.78 is 7.42. The number of aromatic nitrogens is 2. The maximum atomic E-state index is 11.3. The first-order chi connectivity index (χ1) is 12.5. The summed E-state index contributed by atoms with van der Waals surface area (Å²) in [6.45, 7) is 3.50. The predicted molar refractivity (Wildman–Crippen MR) is 98.3 cm³/mol. The van der Waals surface area contributed by atoms with Crippen molar-refractivity contribution in [3.63, 3.8) is 0 Å². The molecule has 0 bridgehead atoms. The van der Waals surface area contributed by atoms with Crippen LogP contribution in [0.2, 0.25) is 0 Å². The largest absolute Gasteiger partial charge is 0.491 e. The summed E-state index contributed by atoms with van der Waals surface area (Å²) in [5, 5.41) is 20.4. The molecule has 2 N–H and O–H groups in total. The van der Waals surface area contributed by atoms with Crippen molar-refractivity contribution in [3.05, 3.63) is 59.9 Å². The lowest BCUT2D eigenvalue weighted by molar-refractivity contribution is 0.0894. The van der Waals surface area contributed by atoms with Gasteiger partial charge in [-0.3, -0.25) is 4.79 Å². The Balaban J connectivity index is 1.70. The fourth-order valence-electron chi connectivity index (χ4n) is 2.85. The lowest BCUT2D eigenvalue weighted by atomic mass is 10.1. The number of aliphatic hydroxyl groups excluding tert-OH is 2. The maximum absolute atomic E-state index is 11.3. The molecule has 0 unspecified atom stereocenters. The second-order valence-electron chi connectivity index (χ2n) is 6.29. The maximum Gasteiger partial charge on any atom is 0.159 e. The van der Waals surface area contributed by atoms with Crippen LogP contribution < -0.4 is 4.74 Å². The Morgan fingerprint density at radius 2 is 1.85 bits per heavy atom. The first-order valence-electron chi connectivity index (χ1n) is 8.51. The van der Waals surface area contributed by atoms with Gasteiger partial charge in [0.15, 0.2) is 5.78 Å². The van der Waals surface area contributed by atoms with Crippen molar-refractivity contribution in [1.82, 2.24) is 9.55 Å². The van der Waals surface area contributed by atoms with Crippen molar-refractivity contribution in [2.24, 2.45) is 0 Å². The standard InChI is InChI=1S/C20H22N2O4/c1-13(23)15-7-9-17(10-8-15)26-12-16(25)11-22-19-6-4-3-5-18(19)21-20(22)14(2)24/h3-10,14,16,24-25H,11-12H2,1-2H3/t14-,16-/m0/s1. The molecular weight excluding hydrogens is 332 g/mol. The molecule has 2 aromatic carbocycles. The Bertz CT molecular complexity index is 900. The Kier molecular flexibility index (Phi) is 5.35. The van der Waals surface area contributed by atoms with Gasteiger partial charge >= 0.3 is 0 Å². The van der Waals surface area contributed by atoms with Crippen LogP contribution in [0.5, 0.6) is 5.75 Å². The highest BCUT2D eigenvalue weighted by Crippen LogP contribution is 2.21. The molecule has 0 fully saturated rings. The zero-order chi connectivity index (χ0) is 18.7. The third-order valence-corrected chi connectivity index (χ3v) is 4.15. The molecule has 0 spiro atoms. The highest BCUT2D eigenvalue weighted by Gasteiger charge is 2.17. The summed E-state index contributed by atoms with van der Waals surface area (Å²) in [5.74, 6) is 1.09. The van der Waals surface area contributed by atoms with E-state index in [4.69, 9.17) is 4.74 Å². The third-order valence-electron chi connectivity index (χ3n) is 4.15. The Morgan fingerprint density at radius 1 is 1.15 bits per heavy atom. The summed E-state index contributed by atoms with van der Waals surface area (Å²) in [7, 11) is 0. The molecule has 6 heteroatoms. The lowest BCUT2D eigenvalue weighted by Crippen LogP contribution is -2.25. The minimum atomic E-state index is -0.780. The molecule has 2 atom stereocenters. The number of carbonyl (C=O) groups excluding carboxylic acids is 1. The average Bonchev–Trinajstić information content (AvgIpc) is 2.99. The minimum absolute atomic E-state index is 0.00535. The van der Waals surface area contributed by atoms with Gasteiger partial charge in [-0.1, -0.05) is 12.1 Å². The molecule has 0 amide bonds. The topological polar surface area (TPSA) is 84.6 Å². The van der Waals surface area contributed by atoms with Crippen molar-refractivity contribution in [2.75, 3.05) is 6.61 Å². The SMILES string of the molecule is CC(=O)c1ccc(OC[C@@H](O)Cn2c([C@H](C)O)nc3ccccc32)cc1. The fourth-order valence-corrected chi connectivity index (χ4v) is 2.85. The van der Waals surface area contributed by atoms with Crippen molar-refractivity contribution in [1.29, 1.82) is 0 Å². The van der Waals surface area contributed by atoms with E-state index in [1.165, 1.54) is 6.92 Å². The van der Waals surface area contributed by atoms with E-state index in [-0.39, 0.29) is 18.9 Å². The number of rotatable bonds is 7. The first kappa shape index (κ1) is 18.1. The van der Waals surface area contributed by atoms with Crippen LogP contribution in [0.3, 0.4) is 0 Å². The molecule has 0 aliphatic heterocycles. The summed E-state index contributed by atoms with van der Waals surface area (Å²) in [4.78, 5) is 15.7. The summed E-state index contributed by atoms with van der Waals surface area (Å²) in [6, 6.07) is 14.4. The zero-order valence-corrected chi connectivity index (χ0v) is 14.8. The Hall–Kier alpha value is -2.70. The van der Waals surface area contributed by atoms with E-state index in [0.717, 1.165) is 11.0 Å². The van der Waals surface area contributed by atoms with E-state index in [0.29, 0.717) is 17.1 Å². The van der Waals surface area contributed by atoms with Gasteiger partial charge in [0.05, 0.1) is 17.6 Å². The van der Waals surface area contributed by atoms with Gasteiger partial charge in [0.2, 0.25) is 0 Å². The second-order valence-corrected chi connectivity index (χ2v) is 6.29. The lowest BCUT2D eigenvalue weighted by Gasteiger charge is -2.16. The van der Waals surface area contributed by atoms with Crippen molar-refractivity contribution >= 4 is 16.8 Å². The number of imidazole rings is 1. The summed E-state index contributed by atoms with van der Waals surface area (Å²) >= 11 is 0. The molecule has 6 nitrogen and oxygen atoms in total. The monoisotopic (exact) mass is 354 g/mol. The van der Waals surface area contributed by atoms with Gasteiger partial charge in [0, 0.05) is 5.56 Å². The molecule has 0 radical (unpaired) electrons. The van der Waals surface area contributed by atoms with Crippen molar-refractivity contribution in [2.45, 2.75) is 32.6 Å². The van der Waals surface area contributed by atoms with Gasteiger partial charge in [-0.15, -0.1) is 0 Å². The van der Waals surface area contributed by atoms with E-state index in [2.05, 4.69) is 4.98 Å². The predicted octanol–water partition coefficient (Wildman–Crippen LogP) is 2.73. The number of aliphatic hydroxyl groups is 2. The number of ketones is 1. The van der Waals surface area contributed by atoms with Crippen LogP contribution in [0.1, 0.15) is 36.1 Å². The Morgan fingerprint density at radius 3 is 2.50 bits per heavy atom. The molecule has 26 heavy (non-hydrogen) atoms. The summed E-state index contributed by atoms with van der Waals surface area (Å²) in [6.07, 6.45) is -1.52. The van der Waals surface area contributed by atoms with E-state index in [1.807, 2.05) is 28.8 Å². The van der Waals surface area contributed by atoms with Crippen LogP contribution in [0.4, 0.5) is 0 Å². The number of hydrogen-bond donors (Lipinski definition) is 2. The number of carbonyl (C=O) groups is 1. The van der Waals surface area contributed by atoms with E-state index < -0.39 is 12.2 Å². The van der Waals surface area contributed by atoms with Crippen LogP contribution in [0, 0.1) is 0 Å². The minimum Gasteiger partial charge on any atom is -0.491 e. The van der Waals surface area contributed by atoms with Crippen LogP contribution in [-0.4, -0.2) is 38.3 Å². The summed E-state index contributed by atoms with van der Waals surface area (Å²) in [5.41, 5.74) is 2.24. The number of Topliss-reactive ketones (excluding diaryl/α,β-unsaturated/α-hetero) is 1. The number of benzene rings is 2.